The SMILES string of the molecule is CCN(CC(C)C#N)C(=O)c1ccc(F)cc1. The summed E-state index contributed by atoms with van der Waals surface area (Å²) in [6.07, 6.45) is 0. The highest BCUT2D eigenvalue weighted by atomic mass is 19.1. The minimum Gasteiger partial charge on any atom is -0.338 e. The van der Waals surface area contributed by atoms with Gasteiger partial charge in [-0.25, -0.2) is 4.39 Å². The number of hydrogen-bond donors (Lipinski definition) is 0. The van der Waals surface area contributed by atoms with Gasteiger partial charge in [0.25, 0.3) is 5.91 Å². The van der Waals surface area contributed by atoms with Crippen molar-refractivity contribution < 1.29 is 9.18 Å². The molecule has 0 N–H and O–H groups in total. The Balaban J connectivity index is 2.79. The Morgan fingerprint density at radius 3 is 2.53 bits per heavy atom. The molecule has 0 saturated heterocycles. The van der Waals surface area contributed by atoms with Crippen molar-refractivity contribution in [2.75, 3.05) is 13.1 Å². The molecular weight excluding hydrogens is 219 g/mol. The number of carbonyl (C=O) groups excluding carboxylic acids is 1. The Labute approximate surface area is 100 Å². The van der Waals surface area contributed by atoms with E-state index in [9.17, 15) is 9.18 Å². The predicted octanol–water partition coefficient (Wildman–Crippen LogP) is 2.45. The fourth-order valence-electron chi connectivity index (χ4n) is 1.50. The highest BCUT2D eigenvalue weighted by molar-refractivity contribution is 5.94. The van der Waals surface area contributed by atoms with E-state index in [0.717, 1.165) is 0 Å². The summed E-state index contributed by atoms with van der Waals surface area (Å²) in [5.74, 6) is -0.746. The molecule has 0 aromatic heterocycles. The van der Waals surface area contributed by atoms with E-state index in [1.807, 2.05) is 6.92 Å². The van der Waals surface area contributed by atoms with Gasteiger partial charge in [0, 0.05) is 18.7 Å². The molecule has 0 spiro atoms. The number of rotatable bonds is 4. The number of carbonyl (C=O) groups is 1. The average molecular weight is 234 g/mol. The molecule has 0 bridgehead atoms. The van der Waals surface area contributed by atoms with Gasteiger partial charge in [0.2, 0.25) is 0 Å². The molecule has 0 fully saturated rings. The standard InChI is InChI=1S/C13H15FN2O/c1-3-16(9-10(2)8-15)13(17)11-4-6-12(14)7-5-11/h4-7,10H,3,9H2,1-2H3. The zero-order chi connectivity index (χ0) is 12.8. The Kier molecular flexibility index (Phi) is 4.65. The summed E-state index contributed by atoms with van der Waals surface area (Å²) in [5.41, 5.74) is 0.443. The first kappa shape index (κ1) is 13.2. The molecule has 1 aromatic carbocycles. The van der Waals surface area contributed by atoms with Crippen LogP contribution in [0.25, 0.3) is 0 Å². The second kappa shape index (κ2) is 6.00. The Bertz CT molecular complexity index is 422. The molecule has 1 rings (SSSR count). The van der Waals surface area contributed by atoms with Crippen LogP contribution in [0, 0.1) is 23.1 Å². The minimum absolute atomic E-state index is 0.172. The van der Waals surface area contributed by atoms with Crippen LogP contribution in [0.3, 0.4) is 0 Å². The molecule has 0 aliphatic rings. The molecule has 0 aliphatic heterocycles. The van der Waals surface area contributed by atoms with Crippen molar-refractivity contribution in [3.63, 3.8) is 0 Å². The molecule has 0 radical (unpaired) electrons. The largest absolute Gasteiger partial charge is 0.338 e. The van der Waals surface area contributed by atoms with Crippen LogP contribution >= 0.6 is 0 Å². The summed E-state index contributed by atoms with van der Waals surface area (Å²) in [6, 6.07) is 7.52. The molecule has 0 saturated carbocycles. The van der Waals surface area contributed by atoms with Crippen LogP contribution in [-0.4, -0.2) is 23.9 Å². The van der Waals surface area contributed by atoms with Crippen LogP contribution in [0.4, 0.5) is 4.39 Å². The quantitative estimate of drug-likeness (QED) is 0.803. The molecule has 1 atom stereocenters. The third-order valence-electron chi connectivity index (χ3n) is 2.47. The normalized spacial score (nSPS) is 11.6. The Morgan fingerprint density at radius 2 is 2.06 bits per heavy atom. The van der Waals surface area contributed by atoms with Crippen LogP contribution in [0.5, 0.6) is 0 Å². The number of amides is 1. The molecular formula is C13H15FN2O. The molecule has 1 aromatic rings. The molecule has 3 nitrogen and oxygen atoms in total. The number of benzene rings is 1. The number of hydrogen-bond acceptors (Lipinski definition) is 2. The molecule has 17 heavy (non-hydrogen) atoms. The van der Waals surface area contributed by atoms with E-state index in [2.05, 4.69) is 6.07 Å². The first-order chi connectivity index (χ1) is 8.08. The highest BCUT2D eigenvalue weighted by Crippen LogP contribution is 2.08. The Morgan fingerprint density at radius 1 is 1.47 bits per heavy atom. The van der Waals surface area contributed by atoms with Crippen LogP contribution < -0.4 is 0 Å². The maximum Gasteiger partial charge on any atom is 0.253 e. The van der Waals surface area contributed by atoms with Crippen molar-refractivity contribution in [1.29, 1.82) is 5.26 Å². The van der Waals surface area contributed by atoms with Crippen molar-refractivity contribution in [3.8, 4) is 6.07 Å². The summed E-state index contributed by atoms with van der Waals surface area (Å²) < 4.78 is 12.7. The minimum atomic E-state index is -0.366. The second-order valence-electron chi connectivity index (χ2n) is 3.88. The average Bonchev–Trinajstić information content (AvgIpc) is 2.35. The zero-order valence-corrected chi connectivity index (χ0v) is 9.98. The predicted molar refractivity (Wildman–Crippen MR) is 62.8 cm³/mol. The van der Waals surface area contributed by atoms with Crippen molar-refractivity contribution in [3.05, 3.63) is 35.6 Å². The van der Waals surface area contributed by atoms with Gasteiger partial charge in [-0.2, -0.15) is 5.26 Å². The third-order valence-corrected chi connectivity index (χ3v) is 2.47. The van der Waals surface area contributed by atoms with E-state index in [0.29, 0.717) is 18.7 Å². The molecule has 1 unspecified atom stereocenters. The molecule has 90 valence electrons. The van der Waals surface area contributed by atoms with Gasteiger partial charge < -0.3 is 4.90 Å². The summed E-state index contributed by atoms with van der Waals surface area (Å²) in [7, 11) is 0. The fraction of sp³-hybridized carbons (Fsp3) is 0.385. The summed E-state index contributed by atoms with van der Waals surface area (Å²) in [4.78, 5) is 13.6. The van der Waals surface area contributed by atoms with Gasteiger partial charge in [0.05, 0.1) is 12.0 Å². The van der Waals surface area contributed by atoms with Crippen molar-refractivity contribution >= 4 is 5.91 Å². The first-order valence-corrected chi connectivity index (χ1v) is 5.53. The van der Waals surface area contributed by atoms with Crippen molar-refractivity contribution in [2.24, 2.45) is 5.92 Å². The number of halogens is 1. The van der Waals surface area contributed by atoms with Gasteiger partial charge in [-0.05, 0) is 38.1 Å². The summed E-state index contributed by atoms with van der Waals surface area (Å²) >= 11 is 0. The Hall–Kier alpha value is -1.89. The maximum atomic E-state index is 12.7. The third kappa shape index (κ3) is 3.56. The van der Waals surface area contributed by atoms with E-state index in [1.54, 1.807) is 11.8 Å². The van der Waals surface area contributed by atoms with Gasteiger partial charge in [-0.15, -0.1) is 0 Å². The van der Waals surface area contributed by atoms with Gasteiger partial charge in [0.15, 0.2) is 0 Å². The number of nitrogens with zero attached hydrogens (tertiary/aromatic N) is 2. The van der Waals surface area contributed by atoms with Crippen molar-refractivity contribution in [1.82, 2.24) is 4.90 Å². The van der Waals surface area contributed by atoms with Crippen LogP contribution in [0.1, 0.15) is 24.2 Å². The van der Waals surface area contributed by atoms with E-state index >= 15 is 0 Å². The maximum absolute atomic E-state index is 12.7. The zero-order valence-electron chi connectivity index (χ0n) is 9.98. The second-order valence-corrected chi connectivity index (χ2v) is 3.88. The van der Waals surface area contributed by atoms with Crippen LogP contribution in [-0.2, 0) is 0 Å². The van der Waals surface area contributed by atoms with E-state index in [-0.39, 0.29) is 17.6 Å². The van der Waals surface area contributed by atoms with Crippen LogP contribution in [0.15, 0.2) is 24.3 Å². The summed E-state index contributed by atoms with van der Waals surface area (Å²) in [6.45, 7) is 4.54. The topological polar surface area (TPSA) is 44.1 Å². The van der Waals surface area contributed by atoms with E-state index in [4.69, 9.17) is 5.26 Å². The van der Waals surface area contributed by atoms with Gasteiger partial charge in [0.1, 0.15) is 5.82 Å². The van der Waals surface area contributed by atoms with Crippen LogP contribution in [0.2, 0.25) is 0 Å². The van der Waals surface area contributed by atoms with Gasteiger partial charge in [-0.1, -0.05) is 0 Å². The molecule has 0 heterocycles. The molecule has 1 amide bonds. The monoisotopic (exact) mass is 234 g/mol. The first-order valence-electron chi connectivity index (χ1n) is 5.53. The van der Waals surface area contributed by atoms with E-state index < -0.39 is 0 Å². The smallest absolute Gasteiger partial charge is 0.253 e. The van der Waals surface area contributed by atoms with Gasteiger partial charge in [-0.3, -0.25) is 4.79 Å². The number of nitriles is 1. The van der Waals surface area contributed by atoms with Gasteiger partial charge >= 0.3 is 0 Å². The highest BCUT2D eigenvalue weighted by Gasteiger charge is 2.16. The summed E-state index contributed by atoms with van der Waals surface area (Å²) in [5, 5.41) is 8.73. The lowest BCUT2D eigenvalue weighted by molar-refractivity contribution is 0.0752. The lowest BCUT2D eigenvalue weighted by Crippen LogP contribution is -2.34. The molecule has 0 aliphatic carbocycles. The lowest BCUT2D eigenvalue weighted by Gasteiger charge is -2.21. The molecule has 4 heteroatoms. The van der Waals surface area contributed by atoms with E-state index in [1.165, 1.54) is 24.3 Å². The fourth-order valence-corrected chi connectivity index (χ4v) is 1.50. The lowest BCUT2D eigenvalue weighted by atomic mass is 10.1. The van der Waals surface area contributed by atoms with Crippen molar-refractivity contribution in [2.45, 2.75) is 13.8 Å².